The van der Waals surface area contributed by atoms with E-state index < -0.39 is 0 Å². The molecule has 0 spiro atoms. The molecule has 9 nitrogen and oxygen atoms in total. The van der Waals surface area contributed by atoms with Crippen molar-refractivity contribution in [3.8, 4) is 0 Å². The number of para-hydroxylation sites is 1. The summed E-state index contributed by atoms with van der Waals surface area (Å²) in [5.74, 6) is -0.481. The molecular formula is C20H21ClN6O3S. The Morgan fingerprint density at radius 2 is 2.13 bits per heavy atom. The highest BCUT2D eigenvalue weighted by atomic mass is 35.5. The van der Waals surface area contributed by atoms with Crippen molar-refractivity contribution in [2.24, 2.45) is 5.92 Å². The minimum Gasteiger partial charge on any atom is -0.359 e. The van der Waals surface area contributed by atoms with Gasteiger partial charge in [-0.1, -0.05) is 35.1 Å². The first-order chi connectivity index (χ1) is 15.0. The lowest BCUT2D eigenvalue weighted by molar-refractivity contribution is -0.124. The zero-order valence-corrected chi connectivity index (χ0v) is 18.4. The SMILES string of the molecule is CNC(=O)C1CCCN(c2nc3ncn(CC(=O)Nc4ccccc4Cl)c(=O)c3s2)C1. The highest BCUT2D eigenvalue weighted by Gasteiger charge is 2.27. The normalized spacial score (nSPS) is 16.3. The summed E-state index contributed by atoms with van der Waals surface area (Å²) in [6.07, 6.45) is 3.02. The van der Waals surface area contributed by atoms with Crippen LogP contribution in [-0.4, -0.2) is 46.5 Å². The molecule has 3 aromatic rings. The second-order valence-corrected chi connectivity index (χ2v) is 8.64. The molecule has 162 valence electrons. The van der Waals surface area contributed by atoms with Gasteiger partial charge in [0.1, 0.15) is 17.6 Å². The highest BCUT2D eigenvalue weighted by molar-refractivity contribution is 7.22. The smallest absolute Gasteiger partial charge is 0.273 e. The van der Waals surface area contributed by atoms with Crippen LogP contribution in [0.25, 0.3) is 10.3 Å². The second kappa shape index (κ2) is 9.03. The number of rotatable bonds is 5. The maximum atomic E-state index is 12.9. The van der Waals surface area contributed by atoms with E-state index in [2.05, 4.69) is 20.6 Å². The number of carbonyl (C=O) groups excluding carboxylic acids is 2. The molecule has 0 aliphatic carbocycles. The average molecular weight is 461 g/mol. The first kappa shape index (κ1) is 21.3. The number of benzene rings is 1. The molecule has 1 fully saturated rings. The zero-order valence-electron chi connectivity index (χ0n) is 16.8. The van der Waals surface area contributed by atoms with Crippen LogP contribution in [0.1, 0.15) is 12.8 Å². The molecule has 4 rings (SSSR count). The second-order valence-electron chi connectivity index (χ2n) is 7.25. The van der Waals surface area contributed by atoms with Crippen molar-refractivity contribution in [2.45, 2.75) is 19.4 Å². The minimum atomic E-state index is -0.384. The number of carbonyl (C=O) groups is 2. The molecule has 1 aromatic carbocycles. The number of aromatic nitrogens is 3. The van der Waals surface area contributed by atoms with E-state index in [0.717, 1.165) is 19.4 Å². The molecule has 3 heterocycles. The van der Waals surface area contributed by atoms with Gasteiger partial charge in [0.15, 0.2) is 10.8 Å². The lowest BCUT2D eigenvalue weighted by Crippen LogP contribution is -2.42. The van der Waals surface area contributed by atoms with Gasteiger partial charge >= 0.3 is 0 Å². The number of nitrogens with one attached hydrogen (secondary N) is 2. The first-order valence-electron chi connectivity index (χ1n) is 9.83. The first-order valence-corrected chi connectivity index (χ1v) is 11.0. The lowest BCUT2D eigenvalue weighted by atomic mass is 9.98. The van der Waals surface area contributed by atoms with Gasteiger partial charge in [-0.05, 0) is 25.0 Å². The van der Waals surface area contributed by atoms with Crippen LogP contribution in [0, 0.1) is 5.92 Å². The van der Waals surface area contributed by atoms with E-state index in [1.54, 1.807) is 31.3 Å². The Labute approximate surface area is 187 Å². The maximum Gasteiger partial charge on any atom is 0.273 e. The number of amides is 2. The molecule has 1 aliphatic heterocycles. The Balaban J connectivity index is 1.53. The van der Waals surface area contributed by atoms with Gasteiger partial charge in [0.2, 0.25) is 11.8 Å². The minimum absolute atomic E-state index is 0.0100. The van der Waals surface area contributed by atoms with Gasteiger partial charge in [0.05, 0.1) is 16.6 Å². The number of hydrogen-bond acceptors (Lipinski definition) is 7. The van der Waals surface area contributed by atoms with Crippen molar-refractivity contribution >= 4 is 55.9 Å². The predicted molar refractivity (Wildman–Crippen MR) is 121 cm³/mol. The molecule has 0 bridgehead atoms. The van der Waals surface area contributed by atoms with E-state index in [4.69, 9.17) is 11.6 Å². The summed E-state index contributed by atoms with van der Waals surface area (Å²) >= 11 is 7.30. The van der Waals surface area contributed by atoms with E-state index >= 15 is 0 Å². The quantitative estimate of drug-likeness (QED) is 0.603. The van der Waals surface area contributed by atoms with E-state index in [1.807, 2.05) is 4.90 Å². The van der Waals surface area contributed by atoms with Crippen LogP contribution in [-0.2, 0) is 16.1 Å². The number of anilines is 2. The predicted octanol–water partition coefficient (Wildman–Crippen LogP) is 2.11. The highest BCUT2D eigenvalue weighted by Crippen LogP contribution is 2.29. The molecule has 1 aliphatic rings. The number of nitrogens with zero attached hydrogens (tertiary/aromatic N) is 4. The lowest BCUT2D eigenvalue weighted by Gasteiger charge is -2.31. The summed E-state index contributed by atoms with van der Waals surface area (Å²) in [6.45, 7) is 1.12. The largest absolute Gasteiger partial charge is 0.359 e. The van der Waals surface area contributed by atoms with Crippen molar-refractivity contribution in [2.75, 3.05) is 30.4 Å². The summed E-state index contributed by atoms with van der Waals surface area (Å²) in [5.41, 5.74) is 0.491. The van der Waals surface area contributed by atoms with Crippen molar-refractivity contribution < 1.29 is 9.59 Å². The molecule has 1 unspecified atom stereocenters. The number of piperidine rings is 1. The van der Waals surface area contributed by atoms with Gasteiger partial charge in [0.25, 0.3) is 5.56 Å². The number of thiazole rings is 1. The van der Waals surface area contributed by atoms with Crippen LogP contribution in [0.5, 0.6) is 0 Å². The molecule has 1 saturated heterocycles. The molecule has 1 atom stereocenters. The fourth-order valence-corrected chi connectivity index (χ4v) is 4.75. The topological polar surface area (TPSA) is 109 Å². The fraction of sp³-hybridized carbons (Fsp3) is 0.350. The summed E-state index contributed by atoms with van der Waals surface area (Å²) in [5, 5.41) is 6.47. The molecular weight excluding hydrogens is 440 g/mol. The van der Waals surface area contributed by atoms with Gasteiger partial charge in [-0.3, -0.25) is 19.0 Å². The Morgan fingerprint density at radius 3 is 2.90 bits per heavy atom. The summed E-state index contributed by atoms with van der Waals surface area (Å²) < 4.78 is 1.63. The van der Waals surface area contributed by atoms with Gasteiger partial charge in [-0.25, -0.2) is 4.98 Å². The maximum absolute atomic E-state index is 12.9. The fourth-order valence-electron chi connectivity index (χ4n) is 3.56. The molecule has 2 aromatic heterocycles. The molecule has 11 heteroatoms. The van der Waals surface area contributed by atoms with Crippen LogP contribution in [0.2, 0.25) is 5.02 Å². The monoisotopic (exact) mass is 460 g/mol. The summed E-state index contributed by atoms with van der Waals surface area (Å²) in [7, 11) is 1.63. The third kappa shape index (κ3) is 4.54. The van der Waals surface area contributed by atoms with Crippen molar-refractivity contribution in [1.29, 1.82) is 0 Å². The Bertz CT molecular complexity index is 1190. The van der Waals surface area contributed by atoms with Crippen LogP contribution >= 0.6 is 22.9 Å². The van der Waals surface area contributed by atoms with Crippen LogP contribution in [0.15, 0.2) is 35.4 Å². The third-order valence-electron chi connectivity index (χ3n) is 5.14. The van der Waals surface area contributed by atoms with E-state index in [9.17, 15) is 14.4 Å². The zero-order chi connectivity index (χ0) is 22.0. The molecule has 31 heavy (non-hydrogen) atoms. The average Bonchev–Trinajstić information content (AvgIpc) is 3.22. The van der Waals surface area contributed by atoms with Gasteiger partial charge in [-0.15, -0.1) is 0 Å². The molecule has 0 saturated carbocycles. The van der Waals surface area contributed by atoms with Crippen LogP contribution in [0.3, 0.4) is 0 Å². The Morgan fingerprint density at radius 1 is 1.32 bits per heavy atom. The van der Waals surface area contributed by atoms with Gasteiger partial charge in [0, 0.05) is 20.1 Å². The van der Waals surface area contributed by atoms with Crippen LogP contribution in [0.4, 0.5) is 10.8 Å². The summed E-state index contributed by atoms with van der Waals surface area (Å²) in [6, 6.07) is 6.88. The van der Waals surface area contributed by atoms with E-state index in [1.165, 1.54) is 22.2 Å². The number of hydrogen-bond donors (Lipinski definition) is 2. The standard InChI is InChI=1S/C20H21ClN6O3S/c1-22-18(29)12-5-4-8-26(9-12)20-25-17-16(31-20)19(30)27(11-23-17)10-15(28)24-14-7-3-2-6-13(14)21/h2-3,6-7,11-12H,4-5,8-10H2,1H3,(H,22,29)(H,24,28). The van der Waals surface area contributed by atoms with Gasteiger partial charge < -0.3 is 15.5 Å². The van der Waals surface area contributed by atoms with Crippen molar-refractivity contribution in [1.82, 2.24) is 19.9 Å². The molecule has 2 amide bonds. The van der Waals surface area contributed by atoms with Crippen LogP contribution < -0.4 is 21.1 Å². The van der Waals surface area contributed by atoms with Crippen molar-refractivity contribution in [3.63, 3.8) is 0 Å². The number of halogens is 1. The third-order valence-corrected chi connectivity index (χ3v) is 6.57. The summed E-state index contributed by atoms with van der Waals surface area (Å²) in [4.78, 5) is 48.1. The molecule has 2 N–H and O–H groups in total. The number of fused-ring (bicyclic) bond motifs is 1. The van der Waals surface area contributed by atoms with E-state index in [0.29, 0.717) is 32.7 Å². The Kier molecular flexibility index (Phi) is 6.19. The Hall–Kier alpha value is -2.98. The van der Waals surface area contributed by atoms with Gasteiger partial charge in [-0.2, -0.15) is 4.98 Å². The van der Waals surface area contributed by atoms with Crippen molar-refractivity contribution in [3.05, 3.63) is 46.0 Å². The molecule has 0 radical (unpaired) electrons. The van der Waals surface area contributed by atoms with E-state index in [-0.39, 0.29) is 29.8 Å².